The number of rotatable bonds is 10. The zero-order valence-electron chi connectivity index (χ0n) is 12.0. The number of unbranched alkanes of at least 4 members (excludes halogenated alkanes) is 3. The van der Waals surface area contributed by atoms with Crippen LogP contribution in [-0.2, 0) is 9.53 Å². The highest BCUT2D eigenvalue weighted by Crippen LogP contribution is 2.14. The van der Waals surface area contributed by atoms with Crippen LogP contribution in [0.25, 0.3) is 0 Å². The van der Waals surface area contributed by atoms with Crippen molar-refractivity contribution in [3.8, 4) is 0 Å². The van der Waals surface area contributed by atoms with Crippen molar-refractivity contribution in [3.05, 3.63) is 30.3 Å². The topological polar surface area (TPSA) is 29.5 Å². The summed E-state index contributed by atoms with van der Waals surface area (Å²) in [7, 11) is 2.03. The van der Waals surface area contributed by atoms with Gasteiger partial charge in [0, 0.05) is 12.7 Å². The summed E-state index contributed by atoms with van der Waals surface area (Å²) in [5.74, 6) is 0. The van der Waals surface area contributed by atoms with Crippen LogP contribution < -0.4 is 4.90 Å². The molecule has 0 fully saturated rings. The molecule has 0 aromatic heterocycles. The van der Waals surface area contributed by atoms with Crippen LogP contribution in [0, 0.1) is 0 Å². The molecule has 0 saturated carbocycles. The molecule has 1 atom stereocenters. The highest BCUT2D eigenvalue weighted by atomic mass is 16.5. The smallest absolute Gasteiger partial charge is 0.293 e. The average Bonchev–Trinajstić information content (AvgIpc) is 2.44. The summed E-state index contributed by atoms with van der Waals surface area (Å²) in [6.07, 6.45) is 5.74. The zero-order chi connectivity index (χ0) is 13.9. The van der Waals surface area contributed by atoms with Gasteiger partial charge in [0.05, 0.1) is 6.54 Å². The quantitative estimate of drug-likeness (QED) is 0.477. The van der Waals surface area contributed by atoms with E-state index in [1.54, 1.807) is 0 Å². The van der Waals surface area contributed by atoms with E-state index in [-0.39, 0.29) is 6.10 Å². The lowest BCUT2D eigenvalue weighted by Gasteiger charge is -2.24. The Morgan fingerprint density at radius 2 is 1.95 bits per heavy atom. The molecule has 1 unspecified atom stereocenters. The van der Waals surface area contributed by atoms with Gasteiger partial charge < -0.3 is 9.64 Å². The first kappa shape index (κ1) is 15.5. The van der Waals surface area contributed by atoms with E-state index in [0.29, 0.717) is 6.47 Å². The number of carbonyl (C=O) groups is 1. The van der Waals surface area contributed by atoms with Crippen molar-refractivity contribution < 1.29 is 9.53 Å². The summed E-state index contributed by atoms with van der Waals surface area (Å²) in [4.78, 5) is 12.7. The van der Waals surface area contributed by atoms with Crippen molar-refractivity contribution in [3.63, 3.8) is 0 Å². The third kappa shape index (κ3) is 6.27. The Morgan fingerprint density at radius 3 is 2.58 bits per heavy atom. The van der Waals surface area contributed by atoms with E-state index in [1.807, 2.05) is 25.2 Å². The Morgan fingerprint density at radius 1 is 1.21 bits per heavy atom. The SMILES string of the molecule is CCCCCCC(CN(C)c1ccccc1)OC=O. The van der Waals surface area contributed by atoms with E-state index in [1.165, 1.54) is 19.3 Å². The molecule has 0 amide bonds. The van der Waals surface area contributed by atoms with Crippen LogP contribution >= 0.6 is 0 Å². The molecule has 0 N–H and O–H groups in total. The van der Waals surface area contributed by atoms with Crippen LogP contribution in [-0.4, -0.2) is 26.2 Å². The normalized spacial score (nSPS) is 11.9. The lowest BCUT2D eigenvalue weighted by Crippen LogP contribution is -2.30. The third-order valence-corrected chi connectivity index (χ3v) is 3.30. The average molecular weight is 263 g/mol. The molecule has 106 valence electrons. The number of hydrogen-bond donors (Lipinski definition) is 0. The predicted molar refractivity (Wildman–Crippen MR) is 79.4 cm³/mol. The van der Waals surface area contributed by atoms with E-state index >= 15 is 0 Å². The summed E-state index contributed by atoms with van der Waals surface area (Å²) < 4.78 is 5.19. The maximum Gasteiger partial charge on any atom is 0.293 e. The molecule has 0 heterocycles. The van der Waals surface area contributed by atoms with Crippen molar-refractivity contribution in [2.24, 2.45) is 0 Å². The second kappa shape index (κ2) is 9.42. The molecule has 0 aliphatic carbocycles. The first-order chi connectivity index (χ1) is 9.27. The molecule has 0 saturated heterocycles. The van der Waals surface area contributed by atoms with Gasteiger partial charge in [0.2, 0.25) is 0 Å². The molecule has 0 radical (unpaired) electrons. The molecule has 1 aromatic carbocycles. The van der Waals surface area contributed by atoms with E-state index in [0.717, 1.165) is 25.1 Å². The monoisotopic (exact) mass is 263 g/mol. The summed E-state index contributed by atoms with van der Waals surface area (Å²) >= 11 is 0. The van der Waals surface area contributed by atoms with Gasteiger partial charge in [-0.2, -0.15) is 0 Å². The van der Waals surface area contributed by atoms with Gasteiger partial charge in [-0.1, -0.05) is 44.4 Å². The lowest BCUT2D eigenvalue weighted by atomic mass is 10.1. The first-order valence-corrected chi connectivity index (χ1v) is 7.13. The number of likely N-dealkylation sites (N-methyl/N-ethyl adjacent to an activating group) is 1. The number of para-hydroxylation sites is 1. The van der Waals surface area contributed by atoms with E-state index in [4.69, 9.17) is 4.74 Å². The largest absolute Gasteiger partial charge is 0.463 e. The van der Waals surface area contributed by atoms with Gasteiger partial charge >= 0.3 is 0 Å². The second-order valence-corrected chi connectivity index (χ2v) is 4.92. The maximum atomic E-state index is 10.6. The van der Waals surface area contributed by atoms with E-state index in [2.05, 4.69) is 24.0 Å². The minimum atomic E-state index is -0.0143. The second-order valence-electron chi connectivity index (χ2n) is 4.92. The number of benzene rings is 1. The molecule has 0 aliphatic rings. The molecule has 0 bridgehead atoms. The standard InChI is InChI=1S/C16H25NO2/c1-3-4-5-9-12-16(19-14-18)13-17(2)15-10-7-6-8-11-15/h6-8,10-11,14,16H,3-5,9,12-13H2,1-2H3. The van der Waals surface area contributed by atoms with Crippen LogP contribution in [0.3, 0.4) is 0 Å². The fraction of sp³-hybridized carbons (Fsp3) is 0.562. The fourth-order valence-corrected chi connectivity index (χ4v) is 2.17. The van der Waals surface area contributed by atoms with Crippen LogP contribution in [0.15, 0.2) is 30.3 Å². The number of carbonyl (C=O) groups excluding carboxylic acids is 1. The Bertz CT molecular complexity index is 340. The number of nitrogens with zero attached hydrogens (tertiary/aromatic N) is 1. The van der Waals surface area contributed by atoms with Crippen LogP contribution in [0.5, 0.6) is 0 Å². The molecule has 1 aromatic rings. The molecular formula is C16H25NO2. The Labute approximate surface area is 116 Å². The highest BCUT2D eigenvalue weighted by Gasteiger charge is 2.12. The summed E-state index contributed by atoms with van der Waals surface area (Å²) in [5, 5.41) is 0. The molecule has 3 nitrogen and oxygen atoms in total. The maximum absolute atomic E-state index is 10.6. The molecule has 0 aliphatic heterocycles. The van der Waals surface area contributed by atoms with Crippen molar-refractivity contribution in [1.29, 1.82) is 0 Å². The lowest BCUT2D eigenvalue weighted by molar-refractivity contribution is -0.133. The summed E-state index contributed by atoms with van der Waals surface area (Å²) in [6, 6.07) is 10.2. The molecule has 1 rings (SSSR count). The highest BCUT2D eigenvalue weighted by molar-refractivity contribution is 5.45. The predicted octanol–water partition coefficient (Wildman–Crippen LogP) is 3.63. The first-order valence-electron chi connectivity index (χ1n) is 7.13. The van der Waals surface area contributed by atoms with Crippen molar-refractivity contribution >= 4 is 12.2 Å². The van der Waals surface area contributed by atoms with Gasteiger partial charge in [-0.15, -0.1) is 0 Å². The Kier molecular flexibility index (Phi) is 7.71. The molecule has 19 heavy (non-hydrogen) atoms. The van der Waals surface area contributed by atoms with E-state index in [9.17, 15) is 4.79 Å². The van der Waals surface area contributed by atoms with Gasteiger partial charge in [0.1, 0.15) is 6.10 Å². The van der Waals surface area contributed by atoms with Crippen molar-refractivity contribution in [2.45, 2.75) is 45.1 Å². The van der Waals surface area contributed by atoms with Gasteiger partial charge in [-0.3, -0.25) is 4.79 Å². The zero-order valence-corrected chi connectivity index (χ0v) is 12.0. The van der Waals surface area contributed by atoms with Crippen LogP contribution in [0.4, 0.5) is 5.69 Å². The van der Waals surface area contributed by atoms with Gasteiger partial charge in [0.15, 0.2) is 0 Å². The number of hydrogen-bond acceptors (Lipinski definition) is 3. The Balaban J connectivity index is 2.41. The van der Waals surface area contributed by atoms with E-state index < -0.39 is 0 Å². The fourth-order valence-electron chi connectivity index (χ4n) is 2.17. The molecular weight excluding hydrogens is 238 g/mol. The van der Waals surface area contributed by atoms with Crippen LogP contribution in [0.1, 0.15) is 39.0 Å². The number of ether oxygens (including phenoxy) is 1. The third-order valence-electron chi connectivity index (χ3n) is 3.30. The molecule has 0 spiro atoms. The van der Waals surface area contributed by atoms with Crippen molar-refractivity contribution in [1.82, 2.24) is 0 Å². The van der Waals surface area contributed by atoms with Crippen LogP contribution in [0.2, 0.25) is 0 Å². The molecule has 3 heteroatoms. The minimum absolute atomic E-state index is 0.0143. The van der Waals surface area contributed by atoms with Gasteiger partial charge in [-0.25, -0.2) is 0 Å². The van der Waals surface area contributed by atoms with Gasteiger partial charge in [-0.05, 0) is 25.0 Å². The van der Waals surface area contributed by atoms with Crippen molar-refractivity contribution in [2.75, 3.05) is 18.5 Å². The summed E-state index contributed by atoms with van der Waals surface area (Å²) in [5.41, 5.74) is 1.15. The number of anilines is 1. The Hall–Kier alpha value is -1.51. The summed E-state index contributed by atoms with van der Waals surface area (Å²) in [6.45, 7) is 3.51. The minimum Gasteiger partial charge on any atom is -0.463 e. The van der Waals surface area contributed by atoms with Gasteiger partial charge in [0.25, 0.3) is 6.47 Å².